The lowest BCUT2D eigenvalue weighted by molar-refractivity contribution is 0.420. The number of benzene rings is 2. The number of hydrogen-bond acceptors (Lipinski definition) is 4. The maximum atomic E-state index is 12.3. The van der Waals surface area contributed by atoms with Crippen molar-refractivity contribution in [3.05, 3.63) is 78.7 Å². The van der Waals surface area contributed by atoms with Gasteiger partial charge in [-0.3, -0.25) is 14.4 Å². The molecule has 1 aliphatic rings. The Morgan fingerprint density at radius 2 is 1.92 bits per heavy atom. The Morgan fingerprint density at radius 3 is 2.76 bits per heavy atom. The SMILES string of the molecule is O=c1sc(/C=C2/C=Nc3ccccc32)c(O)n1Cc1ccccc1Br. The zero-order valence-electron chi connectivity index (χ0n) is 13.0. The summed E-state index contributed by atoms with van der Waals surface area (Å²) >= 11 is 4.51. The molecule has 124 valence electrons. The molecule has 0 saturated heterocycles. The Morgan fingerprint density at radius 1 is 1.16 bits per heavy atom. The van der Waals surface area contributed by atoms with E-state index >= 15 is 0 Å². The number of aromatic hydroxyl groups is 1. The second-order valence-electron chi connectivity index (χ2n) is 5.61. The molecule has 6 heteroatoms. The molecule has 0 atom stereocenters. The third-order valence-corrected chi connectivity index (χ3v) is 5.71. The summed E-state index contributed by atoms with van der Waals surface area (Å²) in [6.07, 6.45) is 3.57. The lowest BCUT2D eigenvalue weighted by atomic mass is 10.1. The van der Waals surface area contributed by atoms with Crippen molar-refractivity contribution in [1.29, 1.82) is 0 Å². The number of hydrogen-bond donors (Lipinski definition) is 1. The van der Waals surface area contributed by atoms with E-state index < -0.39 is 0 Å². The summed E-state index contributed by atoms with van der Waals surface area (Å²) in [5.74, 6) is -0.0176. The number of thiazole rings is 1. The van der Waals surface area contributed by atoms with Gasteiger partial charge in [0.05, 0.1) is 17.1 Å². The van der Waals surface area contributed by atoms with Crippen LogP contribution in [-0.2, 0) is 6.54 Å². The molecule has 4 nitrogen and oxygen atoms in total. The molecule has 4 rings (SSSR count). The summed E-state index contributed by atoms with van der Waals surface area (Å²) in [4.78, 5) is 17.0. The molecule has 0 amide bonds. The summed E-state index contributed by atoms with van der Waals surface area (Å²) in [7, 11) is 0. The molecule has 0 saturated carbocycles. The van der Waals surface area contributed by atoms with Crippen LogP contribution in [-0.4, -0.2) is 15.9 Å². The van der Waals surface area contributed by atoms with Crippen LogP contribution in [0.4, 0.5) is 5.69 Å². The van der Waals surface area contributed by atoms with Gasteiger partial charge in [-0.1, -0.05) is 63.7 Å². The predicted molar refractivity (Wildman–Crippen MR) is 106 cm³/mol. The van der Waals surface area contributed by atoms with Gasteiger partial charge >= 0.3 is 4.87 Å². The van der Waals surface area contributed by atoms with Gasteiger partial charge < -0.3 is 5.11 Å². The minimum atomic E-state index is -0.191. The molecule has 0 radical (unpaired) electrons. The van der Waals surface area contributed by atoms with E-state index in [1.807, 2.05) is 54.6 Å². The normalized spacial score (nSPS) is 14.2. The number of fused-ring (bicyclic) bond motifs is 1. The van der Waals surface area contributed by atoms with E-state index in [1.54, 1.807) is 6.21 Å². The minimum Gasteiger partial charge on any atom is -0.493 e. The first-order valence-corrected chi connectivity index (χ1v) is 9.25. The van der Waals surface area contributed by atoms with Crippen LogP contribution in [0.3, 0.4) is 0 Å². The molecular formula is C19H13BrN2O2S. The number of halogens is 1. The van der Waals surface area contributed by atoms with Gasteiger partial charge in [-0.15, -0.1) is 0 Å². The Labute approximate surface area is 156 Å². The minimum absolute atomic E-state index is 0.0176. The fourth-order valence-electron chi connectivity index (χ4n) is 2.74. The van der Waals surface area contributed by atoms with E-state index in [0.29, 0.717) is 11.4 Å². The molecular weight excluding hydrogens is 400 g/mol. The fourth-order valence-corrected chi connectivity index (χ4v) is 3.99. The Balaban J connectivity index is 1.72. The number of rotatable bonds is 3. The van der Waals surface area contributed by atoms with Crippen LogP contribution in [0.2, 0.25) is 0 Å². The molecule has 2 aromatic carbocycles. The Hall–Kier alpha value is -2.44. The highest BCUT2D eigenvalue weighted by Crippen LogP contribution is 2.34. The van der Waals surface area contributed by atoms with E-state index in [4.69, 9.17) is 0 Å². The monoisotopic (exact) mass is 412 g/mol. The molecule has 0 unspecified atom stereocenters. The Bertz CT molecular complexity index is 1080. The van der Waals surface area contributed by atoms with Gasteiger partial charge in [-0.05, 0) is 23.8 Å². The zero-order valence-corrected chi connectivity index (χ0v) is 15.4. The number of aliphatic imine (C=N–C) groups is 1. The summed E-state index contributed by atoms with van der Waals surface area (Å²) in [6.45, 7) is 0.316. The molecule has 1 aliphatic heterocycles. The largest absolute Gasteiger partial charge is 0.493 e. The lowest BCUT2D eigenvalue weighted by Gasteiger charge is -2.06. The number of allylic oxidation sites excluding steroid dienone is 1. The zero-order chi connectivity index (χ0) is 17.4. The third-order valence-electron chi connectivity index (χ3n) is 4.02. The van der Waals surface area contributed by atoms with Crippen LogP contribution < -0.4 is 4.87 Å². The molecule has 1 aromatic heterocycles. The van der Waals surface area contributed by atoms with Gasteiger partial charge in [-0.25, -0.2) is 0 Å². The first kappa shape index (κ1) is 16.1. The van der Waals surface area contributed by atoms with Crippen molar-refractivity contribution in [3.63, 3.8) is 0 Å². The van der Waals surface area contributed by atoms with Crippen LogP contribution >= 0.6 is 27.3 Å². The van der Waals surface area contributed by atoms with Crippen molar-refractivity contribution >= 4 is 50.8 Å². The second-order valence-corrected chi connectivity index (χ2v) is 7.46. The van der Waals surface area contributed by atoms with Crippen LogP contribution in [0.5, 0.6) is 5.88 Å². The summed E-state index contributed by atoms with van der Waals surface area (Å²) in [6, 6.07) is 15.5. The molecule has 0 spiro atoms. The summed E-state index contributed by atoms with van der Waals surface area (Å²) in [5, 5.41) is 10.5. The number of aromatic nitrogens is 1. The fraction of sp³-hybridized carbons (Fsp3) is 0.0526. The quantitative estimate of drug-likeness (QED) is 0.678. The average Bonchev–Trinajstić information content (AvgIpc) is 3.13. The van der Waals surface area contributed by atoms with E-state index in [9.17, 15) is 9.90 Å². The molecule has 0 aliphatic carbocycles. The standard InChI is InChI=1S/C19H13BrN2O2S/c20-15-7-3-1-5-12(15)11-22-18(23)17(25-19(22)24)9-13-10-21-16-8-4-2-6-14(13)16/h1-10,23H,11H2/b13-9-. The Kier molecular flexibility index (Phi) is 4.15. The first-order valence-electron chi connectivity index (χ1n) is 7.64. The van der Waals surface area contributed by atoms with Crippen LogP contribution in [0, 0.1) is 0 Å². The lowest BCUT2D eigenvalue weighted by Crippen LogP contribution is -2.13. The molecule has 1 N–H and O–H groups in total. The molecule has 2 heterocycles. The first-order chi connectivity index (χ1) is 12.1. The molecule has 25 heavy (non-hydrogen) atoms. The highest BCUT2D eigenvalue weighted by Gasteiger charge is 2.17. The smallest absolute Gasteiger partial charge is 0.310 e. The highest BCUT2D eigenvalue weighted by molar-refractivity contribution is 9.10. The summed E-state index contributed by atoms with van der Waals surface area (Å²) in [5.41, 5.74) is 3.72. The third kappa shape index (κ3) is 2.99. The van der Waals surface area contributed by atoms with Gasteiger partial charge in [0.15, 0.2) is 0 Å². The van der Waals surface area contributed by atoms with Crippen molar-refractivity contribution < 1.29 is 5.11 Å². The predicted octanol–water partition coefficient (Wildman–Crippen LogP) is 4.68. The van der Waals surface area contributed by atoms with Gasteiger partial charge in [0.2, 0.25) is 5.88 Å². The van der Waals surface area contributed by atoms with Crippen LogP contribution in [0.1, 0.15) is 16.0 Å². The van der Waals surface area contributed by atoms with Crippen LogP contribution in [0.15, 0.2) is 62.8 Å². The van der Waals surface area contributed by atoms with Gasteiger partial charge in [0.25, 0.3) is 0 Å². The topological polar surface area (TPSA) is 54.6 Å². The van der Waals surface area contributed by atoms with E-state index in [2.05, 4.69) is 20.9 Å². The van der Waals surface area contributed by atoms with Gasteiger partial charge in [0.1, 0.15) is 0 Å². The van der Waals surface area contributed by atoms with Crippen molar-refractivity contribution in [2.24, 2.45) is 4.99 Å². The van der Waals surface area contributed by atoms with E-state index in [0.717, 1.165) is 38.2 Å². The maximum Gasteiger partial charge on any atom is 0.310 e. The number of para-hydroxylation sites is 1. The molecule has 3 aromatic rings. The van der Waals surface area contributed by atoms with E-state index in [1.165, 1.54) is 4.57 Å². The van der Waals surface area contributed by atoms with Gasteiger partial charge in [-0.2, -0.15) is 0 Å². The summed E-state index contributed by atoms with van der Waals surface area (Å²) < 4.78 is 2.29. The van der Waals surface area contributed by atoms with Crippen molar-refractivity contribution in [2.75, 3.05) is 0 Å². The number of nitrogens with zero attached hydrogens (tertiary/aromatic N) is 2. The maximum absolute atomic E-state index is 12.3. The van der Waals surface area contributed by atoms with Crippen LogP contribution in [0.25, 0.3) is 11.6 Å². The average molecular weight is 413 g/mol. The highest BCUT2D eigenvalue weighted by atomic mass is 79.9. The van der Waals surface area contributed by atoms with Gasteiger partial charge in [0, 0.05) is 21.8 Å². The van der Waals surface area contributed by atoms with Crippen molar-refractivity contribution in [1.82, 2.24) is 4.57 Å². The van der Waals surface area contributed by atoms with E-state index in [-0.39, 0.29) is 10.8 Å². The second kappa shape index (κ2) is 6.46. The van der Waals surface area contributed by atoms with Crippen molar-refractivity contribution in [3.8, 4) is 5.88 Å². The molecule has 0 fully saturated rings. The van der Waals surface area contributed by atoms with Crippen molar-refractivity contribution in [2.45, 2.75) is 6.54 Å². The molecule has 0 bridgehead atoms.